The third-order valence-electron chi connectivity index (χ3n) is 4.25. The molecule has 0 aliphatic carbocycles. The minimum Gasteiger partial charge on any atom is -0.370 e. The van der Waals surface area contributed by atoms with E-state index in [1.807, 2.05) is 31.2 Å². The summed E-state index contributed by atoms with van der Waals surface area (Å²) >= 11 is 6.19. The van der Waals surface area contributed by atoms with Crippen molar-refractivity contribution in [2.75, 3.05) is 23.4 Å². The second-order valence-electron chi connectivity index (χ2n) is 5.93. The van der Waals surface area contributed by atoms with Gasteiger partial charge < -0.3 is 5.32 Å². The van der Waals surface area contributed by atoms with E-state index >= 15 is 0 Å². The van der Waals surface area contributed by atoms with E-state index < -0.39 is 9.84 Å². The predicted molar refractivity (Wildman–Crippen MR) is 91.4 cm³/mol. The molecule has 118 valence electrons. The number of rotatable bonds is 3. The van der Waals surface area contributed by atoms with Crippen molar-refractivity contribution in [1.82, 2.24) is 4.98 Å². The molecule has 0 atom stereocenters. The number of fused-ring (bicyclic) bond motifs is 1. The number of hydrogen-bond donors (Lipinski definition) is 1. The van der Waals surface area contributed by atoms with Crippen LogP contribution in [0.5, 0.6) is 0 Å². The van der Waals surface area contributed by atoms with Crippen LogP contribution < -0.4 is 5.32 Å². The molecule has 1 aromatic heterocycles. The van der Waals surface area contributed by atoms with Gasteiger partial charge in [-0.15, -0.1) is 0 Å². The molecule has 2 heterocycles. The van der Waals surface area contributed by atoms with E-state index in [1.165, 1.54) is 0 Å². The first kappa shape index (κ1) is 15.6. The van der Waals surface area contributed by atoms with Crippen LogP contribution in [0.15, 0.2) is 24.3 Å². The van der Waals surface area contributed by atoms with E-state index in [9.17, 15) is 8.42 Å². The highest BCUT2D eigenvalue weighted by atomic mass is 35.5. The summed E-state index contributed by atoms with van der Waals surface area (Å²) in [6.07, 6.45) is 1.46. The largest absolute Gasteiger partial charge is 0.370 e. The minimum absolute atomic E-state index is 0.305. The minimum atomic E-state index is -2.80. The van der Waals surface area contributed by atoms with Gasteiger partial charge >= 0.3 is 0 Å². The smallest absolute Gasteiger partial charge is 0.150 e. The molecule has 0 amide bonds. The van der Waals surface area contributed by atoms with E-state index in [-0.39, 0.29) is 0 Å². The zero-order valence-corrected chi connectivity index (χ0v) is 14.0. The van der Waals surface area contributed by atoms with Crippen molar-refractivity contribution in [3.05, 3.63) is 34.9 Å². The summed E-state index contributed by atoms with van der Waals surface area (Å²) in [6, 6.07) is 7.75. The first-order chi connectivity index (χ1) is 10.4. The highest BCUT2D eigenvalue weighted by molar-refractivity contribution is 7.91. The first-order valence-corrected chi connectivity index (χ1v) is 9.65. The van der Waals surface area contributed by atoms with Gasteiger partial charge in [0.1, 0.15) is 15.7 Å². The summed E-state index contributed by atoms with van der Waals surface area (Å²) in [4.78, 5) is 4.63. The number of halogens is 1. The Hall–Kier alpha value is -1.33. The average molecular weight is 339 g/mol. The normalized spacial score (nSPS) is 18.5. The molecule has 1 aliphatic heterocycles. The summed E-state index contributed by atoms with van der Waals surface area (Å²) in [6.45, 7) is 2.77. The molecular weight excluding hydrogens is 320 g/mol. The quantitative estimate of drug-likeness (QED) is 0.931. The van der Waals surface area contributed by atoms with Gasteiger partial charge in [-0.1, -0.05) is 17.7 Å². The molecule has 1 fully saturated rings. The molecule has 22 heavy (non-hydrogen) atoms. The lowest BCUT2D eigenvalue weighted by Gasteiger charge is -2.22. The molecule has 6 heteroatoms. The Morgan fingerprint density at radius 2 is 1.95 bits per heavy atom. The molecule has 1 saturated heterocycles. The molecule has 4 nitrogen and oxygen atoms in total. The Labute approximate surface area is 135 Å². The van der Waals surface area contributed by atoms with Crippen molar-refractivity contribution in [3.63, 3.8) is 0 Å². The van der Waals surface area contributed by atoms with Crippen molar-refractivity contribution in [3.8, 4) is 0 Å². The number of nitrogens with one attached hydrogen (secondary N) is 1. The first-order valence-electron chi connectivity index (χ1n) is 7.45. The maximum atomic E-state index is 11.4. The molecule has 1 N–H and O–H groups in total. The lowest BCUT2D eigenvalue weighted by Crippen LogP contribution is -2.27. The molecule has 1 aliphatic rings. The van der Waals surface area contributed by atoms with Gasteiger partial charge in [0, 0.05) is 17.0 Å². The maximum Gasteiger partial charge on any atom is 0.150 e. The third kappa shape index (κ3) is 3.36. The summed E-state index contributed by atoms with van der Waals surface area (Å²) in [5.74, 6) is 1.81. The summed E-state index contributed by atoms with van der Waals surface area (Å²) in [7, 11) is -2.80. The van der Waals surface area contributed by atoms with E-state index in [2.05, 4.69) is 10.3 Å². The highest BCUT2D eigenvalue weighted by Crippen LogP contribution is 2.26. The van der Waals surface area contributed by atoms with Crippen molar-refractivity contribution in [2.45, 2.75) is 19.8 Å². The van der Waals surface area contributed by atoms with Crippen LogP contribution in [0.1, 0.15) is 18.4 Å². The Morgan fingerprint density at radius 3 is 2.68 bits per heavy atom. The fraction of sp³-hybridized carbons (Fsp3) is 0.438. The van der Waals surface area contributed by atoms with Crippen LogP contribution in [0.25, 0.3) is 10.9 Å². The van der Waals surface area contributed by atoms with Gasteiger partial charge in [0.2, 0.25) is 0 Å². The van der Waals surface area contributed by atoms with E-state index in [0.717, 1.165) is 41.7 Å². The monoisotopic (exact) mass is 338 g/mol. The number of aromatic nitrogens is 1. The number of sulfone groups is 1. The van der Waals surface area contributed by atoms with Crippen LogP contribution in [0.4, 0.5) is 5.82 Å². The fourth-order valence-electron chi connectivity index (χ4n) is 2.81. The standard InChI is InChI=1S/C16H19ClN2O2S/c1-11-2-4-14(17)13-3-5-15(19-16(11)13)18-10-12-6-8-22(20,21)9-7-12/h2-5,12H,6-10H2,1H3,(H,18,19). The predicted octanol–water partition coefficient (Wildman–Crippen LogP) is 3.43. The van der Waals surface area contributed by atoms with Crippen molar-refractivity contribution in [2.24, 2.45) is 5.92 Å². The lowest BCUT2D eigenvalue weighted by atomic mass is 10.0. The molecule has 0 bridgehead atoms. The van der Waals surface area contributed by atoms with Crippen LogP contribution in [-0.2, 0) is 9.84 Å². The van der Waals surface area contributed by atoms with E-state index in [0.29, 0.717) is 22.4 Å². The van der Waals surface area contributed by atoms with Crippen LogP contribution in [0.3, 0.4) is 0 Å². The molecule has 0 saturated carbocycles. The van der Waals surface area contributed by atoms with E-state index in [4.69, 9.17) is 11.6 Å². The second kappa shape index (κ2) is 6.05. The molecule has 1 aromatic carbocycles. The van der Waals surface area contributed by atoms with Gasteiger partial charge in [-0.25, -0.2) is 13.4 Å². The van der Waals surface area contributed by atoms with Gasteiger partial charge in [0.25, 0.3) is 0 Å². The number of benzene rings is 1. The van der Waals surface area contributed by atoms with E-state index in [1.54, 1.807) is 0 Å². The van der Waals surface area contributed by atoms with Crippen LogP contribution in [-0.4, -0.2) is 31.5 Å². The van der Waals surface area contributed by atoms with Gasteiger partial charge in [-0.05, 0) is 49.4 Å². The van der Waals surface area contributed by atoms with Crippen molar-refractivity contribution in [1.29, 1.82) is 0 Å². The fourth-order valence-corrected chi connectivity index (χ4v) is 4.61. The zero-order chi connectivity index (χ0) is 15.7. The maximum absolute atomic E-state index is 11.4. The second-order valence-corrected chi connectivity index (χ2v) is 8.64. The number of hydrogen-bond acceptors (Lipinski definition) is 4. The van der Waals surface area contributed by atoms with Crippen molar-refractivity contribution >= 4 is 38.2 Å². The van der Waals surface area contributed by atoms with Crippen molar-refractivity contribution < 1.29 is 8.42 Å². The van der Waals surface area contributed by atoms with Gasteiger partial charge in [-0.2, -0.15) is 0 Å². The number of aryl methyl sites for hydroxylation is 1. The zero-order valence-electron chi connectivity index (χ0n) is 12.5. The third-order valence-corrected chi connectivity index (χ3v) is 6.30. The van der Waals surface area contributed by atoms with Gasteiger partial charge in [0.05, 0.1) is 17.0 Å². The highest BCUT2D eigenvalue weighted by Gasteiger charge is 2.23. The Bertz CT molecular complexity index is 791. The van der Waals surface area contributed by atoms with Crippen LogP contribution in [0.2, 0.25) is 5.02 Å². The molecule has 3 rings (SSSR count). The molecule has 0 unspecified atom stereocenters. The summed E-state index contributed by atoms with van der Waals surface area (Å²) in [5, 5.41) is 4.99. The summed E-state index contributed by atoms with van der Waals surface area (Å²) < 4.78 is 22.9. The number of anilines is 1. The van der Waals surface area contributed by atoms with Gasteiger partial charge in [-0.3, -0.25) is 0 Å². The van der Waals surface area contributed by atoms with Crippen LogP contribution in [0, 0.1) is 12.8 Å². The Morgan fingerprint density at radius 1 is 1.23 bits per heavy atom. The topological polar surface area (TPSA) is 59.1 Å². The molecular formula is C16H19ClN2O2S. The van der Waals surface area contributed by atoms with Gasteiger partial charge in [0.15, 0.2) is 0 Å². The lowest BCUT2D eigenvalue weighted by molar-refractivity contribution is 0.484. The Balaban J connectivity index is 1.71. The Kier molecular flexibility index (Phi) is 4.28. The average Bonchev–Trinajstić information content (AvgIpc) is 2.50. The molecule has 0 radical (unpaired) electrons. The SMILES string of the molecule is Cc1ccc(Cl)c2ccc(NCC3CCS(=O)(=O)CC3)nc12. The molecule has 2 aromatic rings. The number of pyridine rings is 1. The van der Waals surface area contributed by atoms with Crippen LogP contribution >= 0.6 is 11.6 Å². The number of nitrogens with zero attached hydrogens (tertiary/aromatic N) is 1. The molecule has 0 spiro atoms. The summed E-state index contributed by atoms with van der Waals surface area (Å²) in [5.41, 5.74) is 2.00.